The first-order chi connectivity index (χ1) is 29.9. The van der Waals surface area contributed by atoms with Crippen LogP contribution in [0.3, 0.4) is 0 Å². The van der Waals surface area contributed by atoms with Gasteiger partial charge in [-0.25, -0.2) is 0 Å². The number of aliphatic hydroxyl groups excluding tert-OH is 9. The van der Waals surface area contributed by atoms with Crippen molar-refractivity contribution in [3.05, 3.63) is 11.6 Å². The lowest BCUT2D eigenvalue weighted by molar-refractivity contribution is -0.357. The molecule has 366 valence electrons. The molecule has 8 rings (SSSR count). The molecule has 0 spiro atoms. The molecule has 7 fully saturated rings. The van der Waals surface area contributed by atoms with E-state index in [9.17, 15) is 50.8 Å². The van der Waals surface area contributed by atoms with Gasteiger partial charge in [-0.15, -0.1) is 0 Å². The number of hydrogen-bond donors (Lipinski definition) is 9. The number of fused-ring (bicyclic) bond motifs is 7. The van der Waals surface area contributed by atoms with E-state index < -0.39 is 110 Å². The Balaban J connectivity index is 0.973. The largest absolute Gasteiger partial charge is 0.468 e. The van der Waals surface area contributed by atoms with Gasteiger partial charge in [-0.3, -0.25) is 4.79 Å². The molecule has 4 saturated carbocycles. The molecule has 17 heteroatoms. The standard InChI is InChI=1S/C47H76O17/c1-42(2)15-16-47(41(57)58-8)23(17-42)22-9-10-28-44(5)13-12-30(43(3,4)27(44)11-14-45(28,6)46(22,7)18-29(47)50)63-39-36(56)34(54)33(53)26(62-39)21-61-40-37(32(52)25(49)20-60-40)64-38-35(55)31(51)24(48)19-59-38/h9,23-40,48-56H,10-21H2,1-8H3/t23-,24+,25-,26+,27-,28+,29+,30-,31-,32-,33+,34-,35+,36+,37+,38-,39-,40-,44-,45+,46+,47+/m0/s1. The Hall–Kier alpha value is -1.39. The van der Waals surface area contributed by atoms with E-state index in [0.717, 1.165) is 38.5 Å². The topological polar surface area (TPSA) is 264 Å². The first kappa shape index (κ1) is 49.0. The average Bonchev–Trinajstić information content (AvgIpc) is 3.23. The number of carbonyl (C=O) groups is 1. The van der Waals surface area contributed by atoms with Crippen LogP contribution in [0.25, 0.3) is 0 Å². The molecule has 0 aromatic rings. The Morgan fingerprint density at radius 2 is 1.36 bits per heavy atom. The zero-order valence-corrected chi connectivity index (χ0v) is 38.7. The lowest BCUT2D eigenvalue weighted by Crippen LogP contribution is -2.68. The van der Waals surface area contributed by atoms with Crippen LogP contribution in [0.5, 0.6) is 0 Å². The number of aliphatic hydroxyl groups is 9. The van der Waals surface area contributed by atoms with Gasteiger partial charge in [0.2, 0.25) is 0 Å². The van der Waals surface area contributed by atoms with Gasteiger partial charge < -0.3 is 79.1 Å². The number of hydrogen-bond acceptors (Lipinski definition) is 17. The molecule has 3 heterocycles. The Bertz CT molecular complexity index is 1740. The SMILES string of the molecule is COC(=O)[C@]12CCC(C)(C)C[C@H]1C1=CC[C@@H]3[C@@]4(C)CC[C@H](O[C@@H]5O[C@H](CO[C@@H]6OC[C@H](O)[C@H](O)[C@H]6O[C@@H]6OC[C@@H](O)[C@H](O)[C@H]6O)[C@@H](O)[C@H](O)[C@H]5O)C(C)(C)[C@@H]4CC[C@@]3(C)[C@]1(C)C[C@H]2O. The van der Waals surface area contributed by atoms with Crippen LogP contribution >= 0.6 is 0 Å². The van der Waals surface area contributed by atoms with Crippen LogP contribution in [0.15, 0.2) is 11.6 Å². The Morgan fingerprint density at radius 1 is 0.703 bits per heavy atom. The lowest BCUT2D eigenvalue weighted by Gasteiger charge is -2.71. The fraction of sp³-hybridized carbons (Fsp3) is 0.936. The summed E-state index contributed by atoms with van der Waals surface area (Å²) in [7, 11) is 1.44. The first-order valence-electron chi connectivity index (χ1n) is 23.6. The predicted molar refractivity (Wildman–Crippen MR) is 224 cm³/mol. The molecule has 22 atom stereocenters. The summed E-state index contributed by atoms with van der Waals surface area (Å²) in [6, 6.07) is 0. The van der Waals surface area contributed by atoms with E-state index in [2.05, 4.69) is 54.5 Å². The quantitative estimate of drug-likeness (QED) is 0.0936. The number of rotatable bonds is 8. The molecule has 0 bridgehead atoms. The van der Waals surface area contributed by atoms with Gasteiger partial charge in [0.25, 0.3) is 0 Å². The van der Waals surface area contributed by atoms with Crippen molar-refractivity contribution in [2.75, 3.05) is 26.9 Å². The summed E-state index contributed by atoms with van der Waals surface area (Å²) in [6.45, 7) is 14.9. The van der Waals surface area contributed by atoms with Crippen molar-refractivity contribution in [1.82, 2.24) is 0 Å². The second-order valence-corrected chi connectivity index (χ2v) is 22.9. The van der Waals surface area contributed by atoms with Crippen molar-refractivity contribution in [2.24, 2.45) is 50.2 Å². The minimum Gasteiger partial charge on any atom is -0.468 e. The molecule has 0 amide bonds. The molecule has 8 aliphatic rings. The number of esters is 1. The highest BCUT2D eigenvalue weighted by Crippen LogP contribution is 2.76. The minimum atomic E-state index is -1.70. The number of carbonyl (C=O) groups excluding carboxylic acids is 1. The summed E-state index contributed by atoms with van der Waals surface area (Å²) in [5.74, 6) is 0.0664. The smallest absolute Gasteiger partial charge is 0.315 e. The van der Waals surface area contributed by atoms with Crippen LogP contribution < -0.4 is 0 Å². The molecular formula is C47H76O17. The molecular weight excluding hydrogens is 836 g/mol. The molecule has 0 radical (unpaired) electrons. The number of allylic oxidation sites excluding steroid dienone is 2. The van der Waals surface area contributed by atoms with Crippen LogP contribution in [0, 0.1) is 50.2 Å². The normalized spacial score (nSPS) is 53.4. The van der Waals surface area contributed by atoms with Gasteiger partial charge in [0.1, 0.15) is 66.5 Å². The second-order valence-electron chi connectivity index (χ2n) is 22.9. The lowest BCUT2D eigenvalue weighted by atomic mass is 9.33. The molecule has 64 heavy (non-hydrogen) atoms. The molecule has 5 aliphatic carbocycles. The van der Waals surface area contributed by atoms with Crippen LogP contribution in [-0.2, 0) is 38.0 Å². The van der Waals surface area contributed by atoms with Crippen molar-refractivity contribution < 1.29 is 83.9 Å². The molecule has 0 aromatic carbocycles. The fourth-order valence-corrected chi connectivity index (χ4v) is 14.7. The number of ether oxygens (including phenoxy) is 7. The van der Waals surface area contributed by atoms with Crippen LogP contribution in [0.4, 0.5) is 0 Å². The zero-order chi connectivity index (χ0) is 46.7. The van der Waals surface area contributed by atoms with Crippen molar-refractivity contribution in [1.29, 1.82) is 0 Å². The second kappa shape index (κ2) is 17.2. The van der Waals surface area contributed by atoms with E-state index in [1.165, 1.54) is 12.7 Å². The summed E-state index contributed by atoms with van der Waals surface area (Å²) in [4.78, 5) is 13.7. The maximum Gasteiger partial charge on any atom is 0.315 e. The number of methoxy groups -OCH3 is 1. The van der Waals surface area contributed by atoms with Crippen molar-refractivity contribution in [3.8, 4) is 0 Å². The highest BCUT2D eigenvalue weighted by atomic mass is 16.8. The third-order valence-corrected chi connectivity index (χ3v) is 18.8. The summed E-state index contributed by atoms with van der Waals surface area (Å²) in [6.07, 6.45) is -11.4. The Morgan fingerprint density at radius 3 is 2.05 bits per heavy atom. The molecule has 0 aromatic heterocycles. The highest BCUT2D eigenvalue weighted by molar-refractivity contribution is 5.79. The summed E-state index contributed by atoms with van der Waals surface area (Å²) in [5.41, 5.74) is -0.668. The van der Waals surface area contributed by atoms with Crippen LogP contribution in [0.1, 0.15) is 106 Å². The van der Waals surface area contributed by atoms with Gasteiger partial charge >= 0.3 is 5.97 Å². The Labute approximate surface area is 376 Å². The minimum absolute atomic E-state index is 0.0192. The van der Waals surface area contributed by atoms with E-state index in [0.29, 0.717) is 19.3 Å². The fourth-order valence-electron chi connectivity index (χ4n) is 14.7. The van der Waals surface area contributed by atoms with E-state index in [4.69, 9.17) is 33.2 Å². The van der Waals surface area contributed by atoms with E-state index in [-0.39, 0.29) is 58.6 Å². The zero-order valence-electron chi connectivity index (χ0n) is 38.7. The summed E-state index contributed by atoms with van der Waals surface area (Å²) in [5, 5.41) is 97.3. The third-order valence-electron chi connectivity index (χ3n) is 18.8. The van der Waals surface area contributed by atoms with Gasteiger partial charge in [0, 0.05) is 0 Å². The molecule has 17 nitrogen and oxygen atoms in total. The van der Waals surface area contributed by atoms with E-state index in [1.54, 1.807) is 0 Å². The highest BCUT2D eigenvalue weighted by Gasteiger charge is 2.71. The van der Waals surface area contributed by atoms with E-state index >= 15 is 0 Å². The molecule has 9 N–H and O–H groups in total. The van der Waals surface area contributed by atoms with Crippen molar-refractivity contribution in [3.63, 3.8) is 0 Å². The van der Waals surface area contributed by atoms with Crippen LogP contribution in [-0.4, -0.2) is 171 Å². The van der Waals surface area contributed by atoms with E-state index in [1.807, 2.05) is 0 Å². The predicted octanol–water partition coefficient (Wildman–Crippen LogP) is 1.04. The summed E-state index contributed by atoms with van der Waals surface area (Å²) >= 11 is 0. The maximum atomic E-state index is 13.7. The monoisotopic (exact) mass is 913 g/mol. The van der Waals surface area contributed by atoms with Crippen LogP contribution in [0.2, 0.25) is 0 Å². The summed E-state index contributed by atoms with van der Waals surface area (Å²) < 4.78 is 40.9. The first-order valence-corrected chi connectivity index (χ1v) is 23.6. The maximum absolute atomic E-state index is 13.7. The molecule has 3 saturated heterocycles. The molecule has 0 unspecified atom stereocenters. The molecule has 3 aliphatic heterocycles. The average molecular weight is 913 g/mol. The van der Waals surface area contributed by atoms with Gasteiger partial charge in [0.05, 0.1) is 39.1 Å². The van der Waals surface area contributed by atoms with Gasteiger partial charge in [-0.2, -0.15) is 0 Å². The van der Waals surface area contributed by atoms with Gasteiger partial charge in [-0.05, 0) is 103 Å². The van der Waals surface area contributed by atoms with Gasteiger partial charge in [0.15, 0.2) is 18.9 Å². The van der Waals surface area contributed by atoms with Crippen molar-refractivity contribution >= 4 is 5.97 Å². The Kier molecular flexibility index (Phi) is 13.2. The van der Waals surface area contributed by atoms with Gasteiger partial charge in [-0.1, -0.05) is 60.1 Å². The van der Waals surface area contributed by atoms with Crippen molar-refractivity contribution in [2.45, 2.75) is 198 Å². The third kappa shape index (κ3) is 7.58.